The van der Waals surface area contributed by atoms with Crippen LogP contribution >= 0.6 is 11.6 Å². The molecule has 108 valence electrons. The molecule has 0 radical (unpaired) electrons. The molecule has 2 aromatic carbocycles. The first-order valence-electron chi connectivity index (χ1n) is 6.06. The van der Waals surface area contributed by atoms with Crippen molar-refractivity contribution >= 4 is 23.7 Å². The zero-order valence-corrected chi connectivity index (χ0v) is 12.0. The van der Waals surface area contributed by atoms with Crippen LogP contribution in [-0.2, 0) is 0 Å². The fourth-order valence-corrected chi connectivity index (χ4v) is 1.87. The topological polar surface area (TPSA) is 70.9 Å². The van der Waals surface area contributed by atoms with Gasteiger partial charge in [0.25, 0.3) is 5.91 Å². The molecule has 2 rings (SSSR count). The monoisotopic (exact) mass is 304 g/mol. The number of rotatable bonds is 4. The summed E-state index contributed by atoms with van der Waals surface area (Å²) in [5.74, 6) is -0.0336. The van der Waals surface area contributed by atoms with Gasteiger partial charge in [0.1, 0.15) is 0 Å². The first kappa shape index (κ1) is 14.9. The molecule has 0 fully saturated rings. The van der Waals surface area contributed by atoms with Gasteiger partial charge in [-0.05, 0) is 35.9 Å². The van der Waals surface area contributed by atoms with E-state index in [9.17, 15) is 9.90 Å². The van der Waals surface area contributed by atoms with E-state index in [-0.39, 0.29) is 5.75 Å². The molecule has 0 heterocycles. The van der Waals surface area contributed by atoms with Crippen molar-refractivity contribution in [3.63, 3.8) is 0 Å². The normalized spacial score (nSPS) is 10.6. The van der Waals surface area contributed by atoms with Crippen LogP contribution in [0.25, 0.3) is 0 Å². The summed E-state index contributed by atoms with van der Waals surface area (Å²) in [6.07, 6.45) is 1.44. The third kappa shape index (κ3) is 3.73. The van der Waals surface area contributed by atoms with Gasteiger partial charge in [0.15, 0.2) is 11.5 Å². The Balaban J connectivity index is 2.06. The Labute approximate surface area is 126 Å². The molecule has 0 unspecified atom stereocenters. The molecule has 1 amide bonds. The number of amides is 1. The van der Waals surface area contributed by atoms with Crippen LogP contribution in [0.2, 0.25) is 5.02 Å². The highest BCUT2D eigenvalue weighted by Gasteiger charge is 2.07. The minimum absolute atomic E-state index is 0.0368. The van der Waals surface area contributed by atoms with E-state index >= 15 is 0 Å². The molecule has 0 atom stereocenters. The largest absolute Gasteiger partial charge is 0.504 e. The third-order valence-electron chi connectivity index (χ3n) is 2.70. The Morgan fingerprint density at radius 1 is 1.33 bits per heavy atom. The lowest BCUT2D eigenvalue weighted by Gasteiger charge is -2.04. The van der Waals surface area contributed by atoms with Crippen molar-refractivity contribution in [3.8, 4) is 11.5 Å². The molecule has 2 aromatic rings. The number of hydrogen-bond acceptors (Lipinski definition) is 4. The van der Waals surface area contributed by atoms with Crippen molar-refractivity contribution in [1.82, 2.24) is 5.43 Å². The highest BCUT2D eigenvalue weighted by Crippen LogP contribution is 2.25. The predicted octanol–water partition coefficient (Wildman–Crippen LogP) is 2.82. The maximum atomic E-state index is 11.9. The van der Waals surface area contributed by atoms with Gasteiger partial charge in [-0.1, -0.05) is 23.7 Å². The number of benzene rings is 2. The number of carbonyl (C=O) groups excluding carboxylic acids is 1. The van der Waals surface area contributed by atoms with E-state index in [4.69, 9.17) is 16.3 Å². The van der Waals surface area contributed by atoms with Gasteiger partial charge in [0.2, 0.25) is 0 Å². The minimum atomic E-state index is -0.400. The van der Waals surface area contributed by atoms with E-state index in [0.717, 1.165) is 0 Å². The van der Waals surface area contributed by atoms with Crippen LogP contribution in [0.15, 0.2) is 47.6 Å². The molecule has 5 nitrogen and oxygen atoms in total. The minimum Gasteiger partial charge on any atom is -0.504 e. The summed E-state index contributed by atoms with van der Waals surface area (Å²) < 4.78 is 4.98. The third-order valence-corrected chi connectivity index (χ3v) is 3.03. The van der Waals surface area contributed by atoms with E-state index in [1.165, 1.54) is 19.4 Å². The summed E-state index contributed by atoms with van der Waals surface area (Å²) in [6.45, 7) is 0. The number of phenols is 1. The molecule has 0 aliphatic rings. The van der Waals surface area contributed by atoms with Crippen molar-refractivity contribution in [1.29, 1.82) is 0 Å². The average Bonchev–Trinajstić information content (AvgIpc) is 2.49. The number of ether oxygens (including phenoxy) is 1. The molecular formula is C15H13ClN2O3. The summed E-state index contributed by atoms with van der Waals surface area (Å²) in [4.78, 5) is 11.9. The Bertz CT molecular complexity index is 686. The maximum Gasteiger partial charge on any atom is 0.272 e. The van der Waals surface area contributed by atoms with Crippen LogP contribution in [0.3, 0.4) is 0 Å². The summed E-state index contributed by atoms with van der Waals surface area (Å²) in [5.41, 5.74) is 3.40. The highest BCUT2D eigenvalue weighted by molar-refractivity contribution is 6.33. The van der Waals surface area contributed by atoms with Gasteiger partial charge in [0.05, 0.1) is 23.9 Å². The molecule has 0 saturated heterocycles. The highest BCUT2D eigenvalue weighted by atomic mass is 35.5. The van der Waals surface area contributed by atoms with E-state index in [2.05, 4.69) is 10.5 Å². The zero-order chi connectivity index (χ0) is 15.2. The maximum absolute atomic E-state index is 11.9. The van der Waals surface area contributed by atoms with Gasteiger partial charge >= 0.3 is 0 Å². The fourth-order valence-electron chi connectivity index (χ4n) is 1.65. The van der Waals surface area contributed by atoms with Crippen LogP contribution in [0, 0.1) is 0 Å². The second-order valence-electron chi connectivity index (χ2n) is 4.11. The number of methoxy groups -OCH3 is 1. The lowest BCUT2D eigenvalue weighted by Crippen LogP contribution is -2.17. The summed E-state index contributed by atoms with van der Waals surface area (Å²) in [5, 5.41) is 13.7. The summed E-state index contributed by atoms with van der Waals surface area (Å²) in [6, 6.07) is 11.4. The Kier molecular flexibility index (Phi) is 4.79. The van der Waals surface area contributed by atoms with Gasteiger partial charge in [-0.3, -0.25) is 4.79 Å². The second-order valence-corrected chi connectivity index (χ2v) is 4.52. The summed E-state index contributed by atoms with van der Waals surface area (Å²) >= 11 is 5.92. The lowest BCUT2D eigenvalue weighted by molar-refractivity contribution is 0.0955. The predicted molar refractivity (Wildman–Crippen MR) is 81.2 cm³/mol. The van der Waals surface area contributed by atoms with Crippen molar-refractivity contribution < 1.29 is 14.6 Å². The Morgan fingerprint density at radius 3 is 2.81 bits per heavy atom. The summed E-state index contributed by atoms with van der Waals surface area (Å²) in [7, 11) is 1.45. The second kappa shape index (κ2) is 6.76. The molecular weight excluding hydrogens is 292 g/mol. The van der Waals surface area contributed by atoms with Crippen LogP contribution in [-0.4, -0.2) is 24.3 Å². The standard InChI is InChI=1S/C15H13ClN2O3/c1-21-14-8-10(6-7-13(14)19)9-17-18-15(20)11-4-2-3-5-12(11)16/h2-9,19H,1H3,(H,18,20)/b17-9+. The number of nitrogens with one attached hydrogen (secondary N) is 1. The van der Waals surface area contributed by atoms with Crippen molar-refractivity contribution in [2.75, 3.05) is 7.11 Å². The zero-order valence-electron chi connectivity index (χ0n) is 11.2. The molecule has 0 saturated carbocycles. The molecule has 0 aliphatic heterocycles. The molecule has 21 heavy (non-hydrogen) atoms. The first-order valence-corrected chi connectivity index (χ1v) is 6.44. The van der Waals surface area contributed by atoms with Gasteiger partial charge in [-0.2, -0.15) is 5.10 Å². The number of phenolic OH excluding ortho intramolecular Hbond substituents is 1. The number of aromatic hydroxyl groups is 1. The lowest BCUT2D eigenvalue weighted by atomic mass is 10.2. The smallest absolute Gasteiger partial charge is 0.272 e. The van der Waals surface area contributed by atoms with E-state index in [0.29, 0.717) is 21.9 Å². The quantitative estimate of drug-likeness (QED) is 0.674. The molecule has 0 aromatic heterocycles. The Morgan fingerprint density at radius 2 is 2.10 bits per heavy atom. The number of nitrogens with zero attached hydrogens (tertiary/aromatic N) is 1. The number of halogens is 1. The Hall–Kier alpha value is -2.53. The molecule has 6 heteroatoms. The molecule has 0 spiro atoms. The van der Waals surface area contributed by atoms with Crippen LogP contribution in [0.4, 0.5) is 0 Å². The van der Waals surface area contributed by atoms with Gasteiger partial charge < -0.3 is 9.84 Å². The molecule has 0 bridgehead atoms. The number of hydrogen-bond donors (Lipinski definition) is 2. The van der Waals surface area contributed by atoms with Gasteiger partial charge in [-0.25, -0.2) is 5.43 Å². The molecule has 2 N–H and O–H groups in total. The number of carbonyl (C=O) groups is 1. The van der Waals surface area contributed by atoms with Gasteiger partial charge in [0, 0.05) is 0 Å². The van der Waals surface area contributed by atoms with E-state index in [1.807, 2.05) is 0 Å². The van der Waals surface area contributed by atoms with Crippen molar-refractivity contribution in [3.05, 3.63) is 58.6 Å². The van der Waals surface area contributed by atoms with Gasteiger partial charge in [-0.15, -0.1) is 0 Å². The fraction of sp³-hybridized carbons (Fsp3) is 0.0667. The average molecular weight is 305 g/mol. The molecule has 0 aliphatic carbocycles. The van der Waals surface area contributed by atoms with Crippen molar-refractivity contribution in [2.24, 2.45) is 5.10 Å². The van der Waals surface area contributed by atoms with E-state index < -0.39 is 5.91 Å². The van der Waals surface area contributed by atoms with E-state index in [1.54, 1.807) is 36.4 Å². The van der Waals surface area contributed by atoms with Crippen LogP contribution < -0.4 is 10.2 Å². The number of hydrazone groups is 1. The van der Waals surface area contributed by atoms with Crippen molar-refractivity contribution in [2.45, 2.75) is 0 Å². The SMILES string of the molecule is COc1cc(/C=N/NC(=O)c2ccccc2Cl)ccc1O. The first-order chi connectivity index (χ1) is 10.1. The van der Waals surface area contributed by atoms with Crippen LogP contribution in [0.5, 0.6) is 11.5 Å². The van der Waals surface area contributed by atoms with Crippen LogP contribution in [0.1, 0.15) is 15.9 Å².